The largest absolute Gasteiger partial charge is 0.439 e. The first-order valence-corrected chi connectivity index (χ1v) is 11.2. The van der Waals surface area contributed by atoms with Crippen molar-refractivity contribution in [3.8, 4) is 17.3 Å². The number of halogens is 1. The fourth-order valence-corrected chi connectivity index (χ4v) is 3.78. The minimum absolute atomic E-state index is 0.260. The van der Waals surface area contributed by atoms with E-state index in [0.717, 1.165) is 29.8 Å². The average Bonchev–Trinajstić information content (AvgIpc) is 3.62. The van der Waals surface area contributed by atoms with E-state index in [4.69, 9.17) is 14.6 Å². The molecule has 3 aromatic rings. The standard InChI is InChI=1S/C26H30FN3O3/c1-3-15-32-18-23(31)16-29(21-11-12-21)17-25-19(2)28-30(22-7-5-4-6-8-22)26(25)33-24-13-9-20(27)10-14-24/h3-10,13-14,21,23,31H,1,11-12,15-18H2,2H3/t23-/m1/s1. The van der Waals surface area contributed by atoms with Crippen LogP contribution in [0.5, 0.6) is 11.6 Å². The van der Waals surface area contributed by atoms with Crippen LogP contribution in [0.4, 0.5) is 4.39 Å². The number of aryl methyl sites for hydroxylation is 1. The van der Waals surface area contributed by atoms with Gasteiger partial charge in [-0.3, -0.25) is 4.90 Å². The Bertz CT molecular complexity index is 1050. The van der Waals surface area contributed by atoms with Crippen molar-refractivity contribution < 1.29 is 19.0 Å². The number of benzene rings is 2. The topological polar surface area (TPSA) is 59.8 Å². The number of aliphatic hydroxyl groups excluding tert-OH is 1. The van der Waals surface area contributed by atoms with Gasteiger partial charge in [-0.1, -0.05) is 24.3 Å². The number of rotatable bonds is 12. The molecular weight excluding hydrogens is 421 g/mol. The van der Waals surface area contributed by atoms with Crippen LogP contribution in [0, 0.1) is 12.7 Å². The Kier molecular flexibility index (Phi) is 7.54. The summed E-state index contributed by atoms with van der Waals surface area (Å²) in [7, 11) is 0. The Morgan fingerprint density at radius 3 is 2.61 bits per heavy atom. The van der Waals surface area contributed by atoms with E-state index in [9.17, 15) is 9.50 Å². The van der Waals surface area contributed by atoms with Crippen LogP contribution in [-0.2, 0) is 11.3 Å². The zero-order valence-electron chi connectivity index (χ0n) is 18.9. The van der Waals surface area contributed by atoms with Gasteiger partial charge in [0, 0.05) is 19.1 Å². The Hall–Kier alpha value is -3.00. The number of para-hydroxylation sites is 1. The molecule has 0 unspecified atom stereocenters. The molecule has 0 spiro atoms. The summed E-state index contributed by atoms with van der Waals surface area (Å²) in [6.07, 6.45) is 3.27. The molecule has 0 radical (unpaired) electrons. The second-order valence-corrected chi connectivity index (χ2v) is 8.31. The van der Waals surface area contributed by atoms with Crippen molar-refractivity contribution in [2.75, 3.05) is 19.8 Å². The molecule has 0 amide bonds. The summed E-state index contributed by atoms with van der Waals surface area (Å²) in [4.78, 5) is 2.26. The van der Waals surface area contributed by atoms with Gasteiger partial charge in [-0.25, -0.2) is 9.07 Å². The molecule has 174 valence electrons. The van der Waals surface area contributed by atoms with E-state index in [1.54, 1.807) is 22.9 Å². The number of hydrogen-bond donors (Lipinski definition) is 1. The van der Waals surface area contributed by atoms with Crippen molar-refractivity contribution in [1.29, 1.82) is 0 Å². The number of hydrogen-bond acceptors (Lipinski definition) is 5. The van der Waals surface area contributed by atoms with Gasteiger partial charge in [-0.15, -0.1) is 6.58 Å². The zero-order chi connectivity index (χ0) is 23.2. The van der Waals surface area contributed by atoms with E-state index < -0.39 is 6.10 Å². The van der Waals surface area contributed by atoms with Gasteiger partial charge < -0.3 is 14.6 Å². The van der Waals surface area contributed by atoms with Crippen LogP contribution in [0.15, 0.2) is 67.3 Å². The van der Waals surface area contributed by atoms with Crippen molar-refractivity contribution >= 4 is 0 Å². The Labute approximate surface area is 193 Å². The maximum atomic E-state index is 13.4. The normalized spacial score (nSPS) is 14.4. The fraction of sp³-hybridized carbons (Fsp3) is 0.346. The molecule has 7 heteroatoms. The number of aliphatic hydroxyl groups is 1. The Morgan fingerprint density at radius 2 is 1.94 bits per heavy atom. The van der Waals surface area contributed by atoms with Crippen LogP contribution in [0.25, 0.3) is 5.69 Å². The molecule has 6 nitrogen and oxygen atoms in total. The van der Waals surface area contributed by atoms with Crippen LogP contribution >= 0.6 is 0 Å². The second kappa shape index (κ2) is 10.7. The van der Waals surface area contributed by atoms with E-state index >= 15 is 0 Å². The smallest absolute Gasteiger partial charge is 0.227 e. The van der Waals surface area contributed by atoms with Crippen molar-refractivity contribution in [2.24, 2.45) is 0 Å². The SMILES string of the molecule is C=CCOC[C@H](O)CN(Cc1c(C)nn(-c2ccccc2)c1Oc1ccc(F)cc1)C1CC1. The molecule has 0 saturated heterocycles. The van der Waals surface area contributed by atoms with E-state index in [1.807, 2.05) is 37.3 Å². The molecule has 1 aliphatic rings. The molecule has 0 aliphatic heterocycles. The number of ether oxygens (including phenoxy) is 2. The summed E-state index contributed by atoms with van der Waals surface area (Å²) >= 11 is 0. The van der Waals surface area contributed by atoms with Crippen molar-refractivity contribution in [3.63, 3.8) is 0 Å². The molecule has 1 heterocycles. The monoisotopic (exact) mass is 451 g/mol. The highest BCUT2D eigenvalue weighted by Gasteiger charge is 2.32. The molecule has 2 aromatic carbocycles. The van der Waals surface area contributed by atoms with E-state index in [0.29, 0.717) is 37.4 Å². The summed E-state index contributed by atoms with van der Waals surface area (Å²) < 4.78 is 26.9. The molecule has 1 saturated carbocycles. The lowest BCUT2D eigenvalue weighted by Gasteiger charge is -2.25. The summed E-state index contributed by atoms with van der Waals surface area (Å²) in [6.45, 7) is 7.35. The van der Waals surface area contributed by atoms with E-state index in [-0.39, 0.29) is 12.4 Å². The second-order valence-electron chi connectivity index (χ2n) is 8.31. The minimum atomic E-state index is -0.600. The highest BCUT2D eigenvalue weighted by atomic mass is 19.1. The molecule has 1 aromatic heterocycles. The van der Waals surface area contributed by atoms with Crippen LogP contribution < -0.4 is 4.74 Å². The van der Waals surface area contributed by atoms with Gasteiger partial charge in [0.25, 0.3) is 0 Å². The molecule has 1 fully saturated rings. The van der Waals surface area contributed by atoms with Gasteiger partial charge in [0.1, 0.15) is 11.6 Å². The predicted octanol–water partition coefficient (Wildman–Crippen LogP) is 4.64. The summed E-state index contributed by atoms with van der Waals surface area (Å²) in [6, 6.07) is 16.2. The van der Waals surface area contributed by atoms with Gasteiger partial charge in [-0.2, -0.15) is 5.10 Å². The summed E-state index contributed by atoms with van der Waals surface area (Å²) in [5.41, 5.74) is 2.66. The first-order valence-electron chi connectivity index (χ1n) is 11.2. The first kappa shape index (κ1) is 23.2. The summed E-state index contributed by atoms with van der Waals surface area (Å²) in [5.74, 6) is 0.807. The van der Waals surface area contributed by atoms with E-state index in [1.165, 1.54) is 12.1 Å². The third kappa shape index (κ3) is 6.07. The van der Waals surface area contributed by atoms with Gasteiger partial charge in [0.05, 0.1) is 36.3 Å². The zero-order valence-corrected chi connectivity index (χ0v) is 18.9. The van der Waals surface area contributed by atoms with E-state index in [2.05, 4.69) is 11.5 Å². The van der Waals surface area contributed by atoms with Gasteiger partial charge >= 0.3 is 0 Å². The predicted molar refractivity (Wildman–Crippen MR) is 125 cm³/mol. The van der Waals surface area contributed by atoms with Crippen molar-refractivity contribution in [3.05, 3.63) is 84.3 Å². The van der Waals surface area contributed by atoms with Gasteiger partial charge in [-0.05, 0) is 56.2 Å². The lowest BCUT2D eigenvalue weighted by molar-refractivity contribution is 0.0226. The molecule has 1 atom stereocenters. The number of aromatic nitrogens is 2. The molecule has 1 N–H and O–H groups in total. The van der Waals surface area contributed by atoms with Gasteiger partial charge in [0.15, 0.2) is 0 Å². The van der Waals surface area contributed by atoms with Crippen LogP contribution in [0.2, 0.25) is 0 Å². The fourth-order valence-electron chi connectivity index (χ4n) is 3.78. The Balaban J connectivity index is 1.62. The first-order chi connectivity index (χ1) is 16.0. The minimum Gasteiger partial charge on any atom is -0.439 e. The molecular formula is C26H30FN3O3. The average molecular weight is 452 g/mol. The third-order valence-corrected chi connectivity index (χ3v) is 5.58. The lowest BCUT2D eigenvalue weighted by Crippen LogP contribution is -2.36. The maximum Gasteiger partial charge on any atom is 0.227 e. The van der Waals surface area contributed by atoms with Crippen LogP contribution in [0.3, 0.4) is 0 Å². The maximum absolute atomic E-state index is 13.4. The van der Waals surface area contributed by atoms with Crippen LogP contribution in [-0.4, -0.2) is 51.7 Å². The molecule has 1 aliphatic carbocycles. The highest BCUT2D eigenvalue weighted by Crippen LogP contribution is 2.35. The third-order valence-electron chi connectivity index (χ3n) is 5.58. The number of nitrogens with zero attached hydrogens (tertiary/aromatic N) is 3. The molecule has 33 heavy (non-hydrogen) atoms. The lowest BCUT2D eigenvalue weighted by atomic mass is 10.2. The molecule has 4 rings (SSSR count). The molecule has 0 bridgehead atoms. The Morgan fingerprint density at radius 1 is 1.21 bits per heavy atom. The highest BCUT2D eigenvalue weighted by molar-refractivity contribution is 5.43. The van der Waals surface area contributed by atoms with Crippen LogP contribution in [0.1, 0.15) is 24.1 Å². The summed E-state index contributed by atoms with van der Waals surface area (Å²) in [5, 5.41) is 15.3. The van der Waals surface area contributed by atoms with Crippen molar-refractivity contribution in [1.82, 2.24) is 14.7 Å². The van der Waals surface area contributed by atoms with Gasteiger partial charge in [0.2, 0.25) is 5.88 Å². The van der Waals surface area contributed by atoms with Crippen molar-refractivity contribution in [2.45, 2.75) is 38.5 Å². The quantitative estimate of drug-likeness (QED) is 0.321.